The summed E-state index contributed by atoms with van der Waals surface area (Å²) in [5.41, 5.74) is 2.64. The Bertz CT molecular complexity index is 520. The van der Waals surface area contributed by atoms with Gasteiger partial charge in [0.25, 0.3) is 0 Å². The van der Waals surface area contributed by atoms with Crippen molar-refractivity contribution in [3.05, 3.63) is 23.3 Å². The molecule has 2 aliphatic rings. The molecule has 2 heterocycles. The van der Waals surface area contributed by atoms with Crippen LogP contribution in [0, 0.1) is 0 Å². The second-order valence-electron chi connectivity index (χ2n) is 5.82. The second-order valence-corrected chi connectivity index (χ2v) is 5.82. The summed E-state index contributed by atoms with van der Waals surface area (Å²) in [7, 11) is 0. The van der Waals surface area contributed by atoms with Gasteiger partial charge in [-0.2, -0.15) is 0 Å². The van der Waals surface area contributed by atoms with Crippen molar-refractivity contribution in [3.63, 3.8) is 0 Å². The normalized spacial score (nSPS) is 17.0. The van der Waals surface area contributed by atoms with Gasteiger partial charge in [-0.1, -0.05) is 0 Å². The number of hydrogen-bond donors (Lipinski definition) is 0. The summed E-state index contributed by atoms with van der Waals surface area (Å²) in [6.07, 6.45) is 1.91. The Hall–Kier alpha value is -1.75. The van der Waals surface area contributed by atoms with E-state index < -0.39 is 0 Å². The van der Waals surface area contributed by atoms with Crippen LogP contribution in [0.3, 0.4) is 0 Å². The van der Waals surface area contributed by atoms with Gasteiger partial charge in [-0.05, 0) is 49.9 Å². The molecule has 1 aromatic carbocycles. The van der Waals surface area contributed by atoms with Crippen molar-refractivity contribution in [2.75, 3.05) is 39.5 Å². The lowest BCUT2D eigenvalue weighted by Crippen LogP contribution is -2.41. The molecule has 0 spiro atoms. The van der Waals surface area contributed by atoms with Gasteiger partial charge in [-0.15, -0.1) is 0 Å². The van der Waals surface area contributed by atoms with E-state index in [1.165, 1.54) is 11.1 Å². The summed E-state index contributed by atoms with van der Waals surface area (Å²) < 4.78 is 10.9. The van der Waals surface area contributed by atoms with Gasteiger partial charge in [0.2, 0.25) is 12.7 Å². The van der Waals surface area contributed by atoms with Crippen molar-refractivity contribution < 1.29 is 14.3 Å². The van der Waals surface area contributed by atoms with Gasteiger partial charge in [0, 0.05) is 26.2 Å². The minimum Gasteiger partial charge on any atom is -0.454 e. The molecule has 3 rings (SSSR count). The Morgan fingerprint density at radius 1 is 1.09 bits per heavy atom. The summed E-state index contributed by atoms with van der Waals surface area (Å²) in [6.45, 7) is 8.29. The van der Waals surface area contributed by atoms with Crippen LogP contribution in [0.1, 0.15) is 25.0 Å². The van der Waals surface area contributed by atoms with Gasteiger partial charge in [-0.3, -0.25) is 9.69 Å². The maximum absolute atomic E-state index is 12.3. The monoisotopic (exact) mass is 304 g/mol. The first-order valence-corrected chi connectivity index (χ1v) is 8.12. The molecule has 0 bridgehead atoms. The van der Waals surface area contributed by atoms with Gasteiger partial charge in [0.05, 0.1) is 6.54 Å². The first-order chi connectivity index (χ1) is 10.7. The number of carbonyl (C=O) groups excluding carboxylic acids is 1. The Morgan fingerprint density at radius 2 is 1.64 bits per heavy atom. The van der Waals surface area contributed by atoms with Gasteiger partial charge in [-0.25, -0.2) is 0 Å². The van der Waals surface area contributed by atoms with Crippen LogP contribution in [-0.2, 0) is 17.6 Å². The topological polar surface area (TPSA) is 42.0 Å². The number of ether oxygens (including phenoxy) is 2. The molecule has 2 aliphatic heterocycles. The number of benzene rings is 1. The molecule has 5 nitrogen and oxygen atoms in total. The third-order valence-corrected chi connectivity index (χ3v) is 4.56. The van der Waals surface area contributed by atoms with Crippen molar-refractivity contribution in [1.82, 2.24) is 9.80 Å². The smallest absolute Gasteiger partial charge is 0.236 e. The van der Waals surface area contributed by atoms with Crippen LogP contribution in [0.15, 0.2) is 12.1 Å². The molecule has 0 atom stereocenters. The van der Waals surface area contributed by atoms with E-state index >= 15 is 0 Å². The maximum atomic E-state index is 12.3. The third kappa shape index (κ3) is 3.04. The molecular weight excluding hydrogens is 280 g/mol. The lowest BCUT2D eigenvalue weighted by Gasteiger charge is -2.24. The Labute approximate surface area is 131 Å². The van der Waals surface area contributed by atoms with Crippen molar-refractivity contribution in [2.24, 2.45) is 0 Å². The zero-order valence-electron chi connectivity index (χ0n) is 13.4. The molecule has 0 aromatic heterocycles. The Morgan fingerprint density at radius 3 is 2.14 bits per heavy atom. The number of fused-ring (bicyclic) bond motifs is 2. The molecule has 0 saturated heterocycles. The molecule has 0 unspecified atom stereocenters. The molecule has 0 aliphatic carbocycles. The minimum atomic E-state index is 0.227. The predicted molar refractivity (Wildman–Crippen MR) is 84.3 cm³/mol. The molecule has 1 aromatic rings. The van der Waals surface area contributed by atoms with Crippen molar-refractivity contribution >= 4 is 5.91 Å². The lowest BCUT2D eigenvalue weighted by atomic mass is 10.0. The summed E-state index contributed by atoms with van der Waals surface area (Å²) in [5.74, 6) is 1.93. The molecule has 0 fully saturated rings. The number of rotatable bonds is 4. The summed E-state index contributed by atoms with van der Waals surface area (Å²) in [6, 6.07) is 4.21. The van der Waals surface area contributed by atoms with Crippen LogP contribution in [-0.4, -0.2) is 55.2 Å². The highest BCUT2D eigenvalue weighted by Gasteiger charge is 2.22. The third-order valence-electron chi connectivity index (χ3n) is 4.56. The number of likely N-dealkylation sites (N-methyl/N-ethyl adjacent to an activating group) is 1. The van der Waals surface area contributed by atoms with E-state index in [1.54, 1.807) is 0 Å². The van der Waals surface area contributed by atoms with Gasteiger partial charge < -0.3 is 14.4 Å². The van der Waals surface area contributed by atoms with E-state index in [0.29, 0.717) is 13.3 Å². The summed E-state index contributed by atoms with van der Waals surface area (Å²) >= 11 is 0. The van der Waals surface area contributed by atoms with E-state index in [9.17, 15) is 4.79 Å². The molecule has 22 heavy (non-hydrogen) atoms. The lowest BCUT2D eigenvalue weighted by molar-refractivity contribution is -0.132. The highest BCUT2D eigenvalue weighted by atomic mass is 16.7. The van der Waals surface area contributed by atoms with Crippen molar-refractivity contribution in [3.8, 4) is 11.5 Å². The molecular formula is C17H24N2O3. The molecule has 0 radical (unpaired) electrons. The minimum absolute atomic E-state index is 0.227. The molecule has 5 heteroatoms. The SMILES string of the molecule is CCN(CC)C(=O)CN1CCc2cc3c(cc2CC1)OCO3. The summed E-state index contributed by atoms with van der Waals surface area (Å²) in [5, 5.41) is 0. The first kappa shape index (κ1) is 15.2. The first-order valence-electron chi connectivity index (χ1n) is 8.12. The van der Waals surface area contributed by atoms with Gasteiger partial charge in [0.1, 0.15) is 0 Å². The highest BCUT2D eigenvalue weighted by Crippen LogP contribution is 2.35. The standard InChI is InChI=1S/C17H24N2O3/c1-3-19(4-2)17(20)11-18-7-5-13-9-15-16(22-12-21-15)10-14(13)6-8-18/h9-10H,3-8,11-12H2,1-2H3. The van der Waals surface area contributed by atoms with E-state index in [0.717, 1.165) is 50.5 Å². The quantitative estimate of drug-likeness (QED) is 0.849. The number of carbonyl (C=O) groups is 1. The predicted octanol–water partition coefficient (Wildman–Crippen LogP) is 1.68. The second kappa shape index (κ2) is 6.57. The van der Waals surface area contributed by atoms with Crippen LogP contribution in [0.2, 0.25) is 0 Å². The number of amides is 1. The van der Waals surface area contributed by atoms with E-state index in [1.807, 2.05) is 18.7 Å². The van der Waals surface area contributed by atoms with Crippen LogP contribution in [0.4, 0.5) is 0 Å². The number of nitrogens with zero attached hydrogens (tertiary/aromatic N) is 2. The van der Waals surface area contributed by atoms with Crippen LogP contribution < -0.4 is 9.47 Å². The molecule has 0 N–H and O–H groups in total. The maximum Gasteiger partial charge on any atom is 0.236 e. The average Bonchev–Trinajstić information content (AvgIpc) is 2.88. The Kier molecular flexibility index (Phi) is 4.52. The molecule has 120 valence electrons. The van der Waals surface area contributed by atoms with Crippen molar-refractivity contribution in [2.45, 2.75) is 26.7 Å². The largest absolute Gasteiger partial charge is 0.454 e. The average molecular weight is 304 g/mol. The van der Waals surface area contributed by atoms with Gasteiger partial charge in [0.15, 0.2) is 11.5 Å². The fourth-order valence-corrected chi connectivity index (χ4v) is 3.19. The van der Waals surface area contributed by atoms with Gasteiger partial charge >= 0.3 is 0 Å². The zero-order chi connectivity index (χ0) is 15.5. The van der Waals surface area contributed by atoms with E-state index in [4.69, 9.17) is 9.47 Å². The van der Waals surface area contributed by atoms with Crippen molar-refractivity contribution in [1.29, 1.82) is 0 Å². The fourth-order valence-electron chi connectivity index (χ4n) is 3.19. The zero-order valence-corrected chi connectivity index (χ0v) is 13.4. The van der Waals surface area contributed by atoms with Crippen LogP contribution in [0.25, 0.3) is 0 Å². The molecule has 0 saturated carbocycles. The van der Waals surface area contributed by atoms with Crippen LogP contribution >= 0.6 is 0 Å². The summed E-state index contributed by atoms with van der Waals surface area (Å²) in [4.78, 5) is 16.4. The highest BCUT2D eigenvalue weighted by molar-refractivity contribution is 5.78. The fraction of sp³-hybridized carbons (Fsp3) is 0.588. The van der Waals surface area contributed by atoms with E-state index in [2.05, 4.69) is 17.0 Å². The van der Waals surface area contributed by atoms with E-state index in [-0.39, 0.29) is 5.91 Å². The Balaban J connectivity index is 1.65. The number of hydrogen-bond acceptors (Lipinski definition) is 4. The molecule has 1 amide bonds. The van der Waals surface area contributed by atoms with Crippen LogP contribution in [0.5, 0.6) is 11.5 Å².